The highest BCUT2D eigenvalue weighted by Gasteiger charge is 2.20. The molecule has 0 spiro atoms. The maximum absolute atomic E-state index is 12.5. The van der Waals surface area contributed by atoms with Gasteiger partial charge in [-0.2, -0.15) is 0 Å². The maximum atomic E-state index is 12.5. The highest BCUT2D eigenvalue weighted by Crippen LogP contribution is 2.17. The second kappa shape index (κ2) is 58.6. The largest absolute Gasteiger partial charge is 0.466 e. The smallest absolute Gasteiger partial charge is 0.305 e. The number of rotatable bonds is 57. The Morgan fingerprint density at radius 3 is 1.13 bits per heavy atom. The van der Waals surface area contributed by atoms with Gasteiger partial charge in [0.15, 0.2) is 0 Å². The van der Waals surface area contributed by atoms with Crippen molar-refractivity contribution in [2.75, 3.05) is 13.2 Å². The molecule has 3 N–H and O–H groups in total. The Kier molecular flexibility index (Phi) is 57.0. The number of unbranched alkanes of at least 4 members (excludes halogenated alkanes) is 40. The molecule has 0 aromatic rings. The third kappa shape index (κ3) is 55.2. The number of aliphatic hydroxyl groups excluding tert-OH is 2. The standard InChI is InChI=1S/C63H119NO5/c1-3-5-7-9-11-13-15-17-18-19-26-29-33-37-41-45-49-53-57-63(68)69-58-54-50-46-42-38-34-30-27-24-22-20-21-23-25-28-32-36-40-44-48-52-56-62(67)64-60(59-65)61(66)55-51-47-43-39-35-31-16-14-12-10-8-6-4-2/h13,15,18-19,21,23,60-61,65-66H,3-12,14,16-17,20,22,24-59H2,1-2H3,(H,64,67)/b15-13-,19-18-,23-21-. The van der Waals surface area contributed by atoms with Gasteiger partial charge in [0, 0.05) is 12.8 Å². The van der Waals surface area contributed by atoms with Crippen LogP contribution in [0.15, 0.2) is 36.5 Å². The molecule has 0 aromatic carbocycles. The molecule has 6 heteroatoms. The predicted molar refractivity (Wildman–Crippen MR) is 301 cm³/mol. The van der Waals surface area contributed by atoms with Crippen LogP contribution in [-0.4, -0.2) is 47.4 Å². The second-order valence-electron chi connectivity index (χ2n) is 21.0. The molecule has 2 atom stereocenters. The molecule has 406 valence electrons. The molecule has 6 nitrogen and oxygen atoms in total. The van der Waals surface area contributed by atoms with Gasteiger partial charge in [0.1, 0.15) is 0 Å². The highest BCUT2D eigenvalue weighted by molar-refractivity contribution is 5.76. The van der Waals surface area contributed by atoms with E-state index in [4.69, 9.17) is 4.74 Å². The number of amides is 1. The van der Waals surface area contributed by atoms with Crippen molar-refractivity contribution in [2.24, 2.45) is 0 Å². The van der Waals surface area contributed by atoms with Crippen LogP contribution in [0.5, 0.6) is 0 Å². The Morgan fingerprint density at radius 1 is 0.406 bits per heavy atom. The van der Waals surface area contributed by atoms with E-state index in [9.17, 15) is 19.8 Å². The average molecular weight is 971 g/mol. The molecule has 0 rings (SSSR count). The molecule has 2 unspecified atom stereocenters. The minimum Gasteiger partial charge on any atom is -0.466 e. The Hall–Kier alpha value is -1.92. The first-order valence-corrected chi connectivity index (χ1v) is 30.7. The van der Waals surface area contributed by atoms with E-state index in [2.05, 4.69) is 55.6 Å². The van der Waals surface area contributed by atoms with E-state index in [0.717, 1.165) is 51.4 Å². The molecule has 0 aliphatic carbocycles. The number of aliphatic hydroxyl groups is 2. The lowest BCUT2D eigenvalue weighted by atomic mass is 10.0. The van der Waals surface area contributed by atoms with Gasteiger partial charge in [0.05, 0.1) is 25.4 Å². The molecule has 0 aliphatic rings. The summed E-state index contributed by atoms with van der Waals surface area (Å²) >= 11 is 0. The van der Waals surface area contributed by atoms with Gasteiger partial charge in [0.25, 0.3) is 0 Å². The molecule has 0 heterocycles. The quantitative estimate of drug-likeness (QED) is 0.0321. The summed E-state index contributed by atoms with van der Waals surface area (Å²) in [5.41, 5.74) is 0. The Bertz CT molecular complexity index is 1120. The zero-order valence-electron chi connectivity index (χ0n) is 46.3. The lowest BCUT2D eigenvalue weighted by molar-refractivity contribution is -0.143. The zero-order chi connectivity index (χ0) is 50.0. The van der Waals surface area contributed by atoms with Gasteiger partial charge >= 0.3 is 5.97 Å². The third-order valence-corrected chi connectivity index (χ3v) is 14.2. The van der Waals surface area contributed by atoms with Crippen LogP contribution in [0.1, 0.15) is 328 Å². The molecule has 0 fully saturated rings. The van der Waals surface area contributed by atoms with Crippen LogP contribution in [0.25, 0.3) is 0 Å². The van der Waals surface area contributed by atoms with E-state index >= 15 is 0 Å². The first-order chi connectivity index (χ1) is 34.0. The van der Waals surface area contributed by atoms with E-state index < -0.39 is 12.1 Å². The minimum atomic E-state index is -0.669. The van der Waals surface area contributed by atoms with Gasteiger partial charge in [-0.15, -0.1) is 0 Å². The fourth-order valence-corrected chi connectivity index (χ4v) is 9.43. The molecular formula is C63H119NO5. The summed E-state index contributed by atoms with van der Waals surface area (Å²) in [6.07, 6.45) is 72.9. The Labute approximate surface area is 430 Å². The number of carbonyl (C=O) groups excluding carboxylic acids is 2. The van der Waals surface area contributed by atoms with Crippen molar-refractivity contribution >= 4 is 11.9 Å². The fourth-order valence-electron chi connectivity index (χ4n) is 9.43. The number of carbonyl (C=O) groups is 2. The minimum absolute atomic E-state index is 0.000916. The summed E-state index contributed by atoms with van der Waals surface area (Å²) < 4.78 is 5.49. The Balaban J connectivity index is 3.41. The number of esters is 1. The number of ether oxygens (including phenoxy) is 1. The molecule has 0 aromatic heterocycles. The molecule has 1 amide bonds. The predicted octanol–water partition coefficient (Wildman–Crippen LogP) is 19.2. The van der Waals surface area contributed by atoms with E-state index in [-0.39, 0.29) is 18.5 Å². The molecule has 0 saturated carbocycles. The highest BCUT2D eigenvalue weighted by atomic mass is 16.5. The van der Waals surface area contributed by atoms with Gasteiger partial charge in [0.2, 0.25) is 5.91 Å². The molecule has 69 heavy (non-hydrogen) atoms. The lowest BCUT2D eigenvalue weighted by Crippen LogP contribution is -2.45. The molecular weight excluding hydrogens is 851 g/mol. The monoisotopic (exact) mass is 970 g/mol. The number of hydrogen-bond acceptors (Lipinski definition) is 5. The first kappa shape index (κ1) is 67.1. The average Bonchev–Trinajstić information content (AvgIpc) is 3.35. The SMILES string of the molecule is CCCCCC/C=C\C/C=C\CCCCCCCCCC(=O)OCCCCCCCCCCCC/C=C\CCCCCCCCCC(=O)NC(CO)C(O)CCCCCCCCCCCCCCC. The molecule has 0 aliphatic heterocycles. The topological polar surface area (TPSA) is 95.9 Å². The van der Waals surface area contributed by atoms with E-state index in [0.29, 0.717) is 25.9 Å². The number of nitrogens with one attached hydrogen (secondary N) is 1. The Morgan fingerprint density at radius 2 is 0.725 bits per heavy atom. The fraction of sp³-hybridized carbons (Fsp3) is 0.873. The van der Waals surface area contributed by atoms with Crippen LogP contribution in [0, 0.1) is 0 Å². The molecule has 0 saturated heterocycles. The maximum Gasteiger partial charge on any atom is 0.305 e. The van der Waals surface area contributed by atoms with E-state index in [1.54, 1.807) is 0 Å². The van der Waals surface area contributed by atoms with Crippen molar-refractivity contribution in [1.82, 2.24) is 5.32 Å². The van der Waals surface area contributed by atoms with Crippen LogP contribution in [0.4, 0.5) is 0 Å². The van der Waals surface area contributed by atoms with Crippen LogP contribution in [0.3, 0.4) is 0 Å². The van der Waals surface area contributed by atoms with Gasteiger partial charge in [-0.3, -0.25) is 9.59 Å². The lowest BCUT2D eigenvalue weighted by Gasteiger charge is -2.22. The van der Waals surface area contributed by atoms with E-state index in [1.165, 1.54) is 244 Å². The van der Waals surface area contributed by atoms with Gasteiger partial charge in [-0.1, -0.05) is 269 Å². The van der Waals surface area contributed by atoms with Gasteiger partial charge in [-0.05, 0) is 83.5 Å². The van der Waals surface area contributed by atoms with Crippen molar-refractivity contribution in [1.29, 1.82) is 0 Å². The third-order valence-electron chi connectivity index (χ3n) is 14.2. The van der Waals surface area contributed by atoms with Crippen LogP contribution < -0.4 is 5.32 Å². The number of allylic oxidation sites excluding steroid dienone is 6. The van der Waals surface area contributed by atoms with Crippen molar-refractivity contribution in [3.8, 4) is 0 Å². The second-order valence-corrected chi connectivity index (χ2v) is 21.0. The van der Waals surface area contributed by atoms with Crippen molar-refractivity contribution in [3.05, 3.63) is 36.5 Å². The summed E-state index contributed by atoms with van der Waals surface area (Å²) in [5.74, 6) is -0.0416. The van der Waals surface area contributed by atoms with Crippen molar-refractivity contribution in [3.63, 3.8) is 0 Å². The van der Waals surface area contributed by atoms with Crippen LogP contribution in [-0.2, 0) is 14.3 Å². The van der Waals surface area contributed by atoms with E-state index in [1.807, 2.05) is 0 Å². The van der Waals surface area contributed by atoms with Gasteiger partial charge in [-0.25, -0.2) is 0 Å². The molecule has 0 radical (unpaired) electrons. The number of hydrogen-bond donors (Lipinski definition) is 3. The van der Waals surface area contributed by atoms with Crippen LogP contribution in [0.2, 0.25) is 0 Å². The summed E-state index contributed by atoms with van der Waals surface area (Å²) in [5, 5.41) is 23.2. The normalized spacial score (nSPS) is 12.8. The summed E-state index contributed by atoms with van der Waals surface area (Å²) in [7, 11) is 0. The summed E-state index contributed by atoms with van der Waals surface area (Å²) in [4.78, 5) is 24.5. The van der Waals surface area contributed by atoms with Gasteiger partial charge < -0.3 is 20.3 Å². The van der Waals surface area contributed by atoms with Crippen LogP contribution >= 0.6 is 0 Å². The summed E-state index contributed by atoms with van der Waals surface area (Å²) in [6, 6.07) is -0.547. The summed E-state index contributed by atoms with van der Waals surface area (Å²) in [6.45, 7) is 4.93. The van der Waals surface area contributed by atoms with Crippen molar-refractivity contribution < 1.29 is 24.5 Å². The molecule has 0 bridgehead atoms. The van der Waals surface area contributed by atoms with Crippen molar-refractivity contribution in [2.45, 2.75) is 341 Å². The zero-order valence-corrected chi connectivity index (χ0v) is 46.3. The first-order valence-electron chi connectivity index (χ1n) is 30.7.